The first-order valence-electron chi connectivity index (χ1n) is 31.8. The monoisotopic (exact) mass is 1120 g/mol. The zero-order valence-corrected chi connectivity index (χ0v) is 52.2. The summed E-state index contributed by atoms with van der Waals surface area (Å²) in [7, 11) is 1.46. The standard InChI is InChI=1S/C69H118NO8P/c1-6-8-10-12-14-16-18-20-22-24-25-26-27-28-29-30-31-32-33-34-35-36-37-38-39-40-41-42-43-44-45-46-48-50-52-54-56-58-60-62-69(72)78-67(66-77-79(73,74)76-64-63-70(3,4)5)65-75-68(71)61-59-57-55-53-51-49-47-23-21-19-17-15-13-11-9-7-2/h8,10,14,16,20,22-23,25-26,28-29,31-32,34-35,37-38,40-41,47,67H,6-7,9,11-13,15,17-19,21,24,27,30,33,36,39,42-46,48-66H2,1-5H3/p+1/b10-8-,16-14-,22-20-,26-25-,29-28-,32-31-,35-34-,38-37-,41-40-,47-23-. The summed E-state index contributed by atoms with van der Waals surface area (Å²) in [6.45, 7) is 4.30. The highest BCUT2D eigenvalue weighted by atomic mass is 31.2. The number of allylic oxidation sites excluding steroid dienone is 20. The van der Waals surface area contributed by atoms with Crippen LogP contribution in [0.5, 0.6) is 0 Å². The average Bonchev–Trinajstić information content (AvgIpc) is 3.41. The molecule has 0 radical (unpaired) electrons. The van der Waals surface area contributed by atoms with Crippen molar-refractivity contribution >= 4 is 19.8 Å². The molecular formula is C69H119NO8P+. The Kier molecular flexibility index (Phi) is 56.4. The molecule has 0 saturated carbocycles. The third-order valence-corrected chi connectivity index (χ3v) is 14.2. The van der Waals surface area contributed by atoms with Gasteiger partial charge in [-0.1, -0.05) is 251 Å². The molecule has 9 nitrogen and oxygen atoms in total. The number of phosphoric acid groups is 1. The molecule has 0 aliphatic heterocycles. The molecule has 0 rings (SSSR count). The zero-order chi connectivity index (χ0) is 57.7. The Morgan fingerprint density at radius 1 is 0.405 bits per heavy atom. The van der Waals surface area contributed by atoms with Gasteiger partial charge in [-0.05, 0) is 109 Å². The zero-order valence-electron chi connectivity index (χ0n) is 51.3. The fraction of sp³-hybridized carbons (Fsp3) is 0.681. The molecule has 0 aromatic rings. The minimum atomic E-state index is -4.39. The first kappa shape index (κ1) is 75.4. The van der Waals surface area contributed by atoms with Crippen molar-refractivity contribution in [3.05, 3.63) is 122 Å². The highest BCUT2D eigenvalue weighted by Gasteiger charge is 2.27. The van der Waals surface area contributed by atoms with Crippen molar-refractivity contribution in [2.24, 2.45) is 0 Å². The van der Waals surface area contributed by atoms with Crippen molar-refractivity contribution in [3.8, 4) is 0 Å². The van der Waals surface area contributed by atoms with E-state index < -0.39 is 26.5 Å². The quantitative estimate of drug-likeness (QED) is 0.0211. The van der Waals surface area contributed by atoms with Gasteiger partial charge in [0.15, 0.2) is 6.10 Å². The largest absolute Gasteiger partial charge is 0.472 e. The van der Waals surface area contributed by atoms with Gasteiger partial charge in [0.05, 0.1) is 27.7 Å². The Labute approximate surface area is 486 Å². The summed E-state index contributed by atoms with van der Waals surface area (Å²) in [4.78, 5) is 35.7. The van der Waals surface area contributed by atoms with Crippen molar-refractivity contribution in [2.45, 2.75) is 258 Å². The van der Waals surface area contributed by atoms with E-state index in [-0.39, 0.29) is 32.0 Å². The van der Waals surface area contributed by atoms with Crippen LogP contribution in [-0.2, 0) is 32.7 Å². The van der Waals surface area contributed by atoms with Gasteiger partial charge in [0.25, 0.3) is 0 Å². The van der Waals surface area contributed by atoms with Crippen LogP contribution in [-0.4, -0.2) is 74.9 Å². The SMILES string of the molecule is CC/C=C\C/C=C\C/C=C\C/C=C\C/C=C\C/C=C\C/C=C\C/C=C\C/C=C\CCCCCCCCCCCCCC(=O)OC(COC(=O)CCCCCCC/C=C\CCCCCCCCC)COP(=O)(O)OCC[N+](C)(C)C. The van der Waals surface area contributed by atoms with Crippen LogP contribution in [0, 0.1) is 0 Å². The first-order valence-corrected chi connectivity index (χ1v) is 33.3. The van der Waals surface area contributed by atoms with Crippen LogP contribution in [0.25, 0.3) is 0 Å². The lowest BCUT2D eigenvalue weighted by Crippen LogP contribution is -2.37. The summed E-state index contributed by atoms with van der Waals surface area (Å²) in [5.41, 5.74) is 0. The molecule has 2 atom stereocenters. The van der Waals surface area contributed by atoms with Crippen LogP contribution < -0.4 is 0 Å². The van der Waals surface area contributed by atoms with Crippen molar-refractivity contribution in [2.75, 3.05) is 47.5 Å². The van der Waals surface area contributed by atoms with Crippen molar-refractivity contribution in [1.29, 1.82) is 0 Å². The lowest BCUT2D eigenvalue weighted by Gasteiger charge is -2.24. The molecule has 1 N–H and O–H groups in total. The highest BCUT2D eigenvalue weighted by Crippen LogP contribution is 2.43. The number of rotatable bonds is 57. The summed E-state index contributed by atoms with van der Waals surface area (Å²) >= 11 is 0. The van der Waals surface area contributed by atoms with Gasteiger partial charge in [-0.15, -0.1) is 0 Å². The molecule has 0 aromatic heterocycles. The molecule has 0 heterocycles. The van der Waals surface area contributed by atoms with E-state index in [0.29, 0.717) is 17.4 Å². The van der Waals surface area contributed by atoms with Gasteiger partial charge in [-0.25, -0.2) is 4.57 Å². The van der Waals surface area contributed by atoms with E-state index in [4.69, 9.17) is 18.5 Å². The summed E-state index contributed by atoms with van der Waals surface area (Å²) in [6.07, 6.45) is 84.2. The maximum absolute atomic E-state index is 12.8. The second-order valence-corrected chi connectivity index (χ2v) is 23.5. The Hall–Kier alpha value is -3.59. The van der Waals surface area contributed by atoms with Crippen LogP contribution in [0.2, 0.25) is 0 Å². The Bertz CT molecular complexity index is 1750. The number of hydrogen-bond acceptors (Lipinski definition) is 7. The molecule has 2 unspecified atom stereocenters. The Morgan fingerprint density at radius 2 is 0.722 bits per heavy atom. The van der Waals surface area contributed by atoms with Crippen LogP contribution in [0.3, 0.4) is 0 Å². The molecule has 452 valence electrons. The molecule has 0 bridgehead atoms. The van der Waals surface area contributed by atoms with Gasteiger partial charge in [0.2, 0.25) is 0 Å². The van der Waals surface area contributed by atoms with Crippen LogP contribution in [0.1, 0.15) is 251 Å². The molecule has 0 amide bonds. The number of nitrogens with zero attached hydrogens (tertiary/aromatic N) is 1. The number of hydrogen-bond donors (Lipinski definition) is 1. The van der Waals surface area contributed by atoms with Gasteiger partial charge >= 0.3 is 19.8 Å². The Balaban J connectivity index is 4.09. The molecule has 0 aliphatic carbocycles. The summed E-state index contributed by atoms with van der Waals surface area (Å²) in [5, 5.41) is 0. The molecule has 0 saturated heterocycles. The molecule has 79 heavy (non-hydrogen) atoms. The van der Waals surface area contributed by atoms with E-state index in [1.807, 2.05) is 21.1 Å². The number of quaternary nitrogens is 1. The average molecular weight is 1120 g/mol. The lowest BCUT2D eigenvalue weighted by molar-refractivity contribution is -0.870. The number of carbonyl (C=O) groups is 2. The molecule has 0 aliphatic rings. The molecular weight excluding hydrogens is 1000 g/mol. The van der Waals surface area contributed by atoms with Crippen molar-refractivity contribution < 1.29 is 42.1 Å². The normalized spacial score (nSPS) is 14.1. The number of carbonyl (C=O) groups excluding carboxylic acids is 2. The number of unbranched alkanes of at least 4 members (excludes halogenated alkanes) is 23. The van der Waals surface area contributed by atoms with Crippen molar-refractivity contribution in [1.82, 2.24) is 0 Å². The molecule has 0 fully saturated rings. The van der Waals surface area contributed by atoms with Crippen LogP contribution in [0.4, 0.5) is 0 Å². The number of ether oxygens (including phenoxy) is 2. The summed E-state index contributed by atoms with van der Waals surface area (Å²) in [6, 6.07) is 0. The minimum Gasteiger partial charge on any atom is -0.462 e. The maximum Gasteiger partial charge on any atom is 0.472 e. The van der Waals surface area contributed by atoms with Gasteiger partial charge in [-0.3, -0.25) is 18.6 Å². The van der Waals surface area contributed by atoms with E-state index in [0.717, 1.165) is 122 Å². The minimum absolute atomic E-state index is 0.0253. The fourth-order valence-corrected chi connectivity index (χ4v) is 9.10. The van der Waals surface area contributed by atoms with Gasteiger partial charge in [0.1, 0.15) is 19.8 Å². The maximum atomic E-state index is 12.8. The highest BCUT2D eigenvalue weighted by molar-refractivity contribution is 7.47. The van der Waals surface area contributed by atoms with E-state index >= 15 is 0 Å². The predicted molar refractivity (Wildman–Crippen MR) is 339 cm³/mol. The second-order valence-electron chi connectivity index (χ2n) is 22.1. The fourth-order valence-electron chi connectivity index (χ4n) is 8.36. The van der Waals surface area contributed by atoms with E-state index in [2.05, 4.69) is 135 Å². The van der Waals surface area contributed by atoms with Gasteiger partial charge in [-0.2, -0.15) is 0 Å². The van der Waals surface area contributed by atoms with Gasteiger partial charge in [0, 0.05) is 12.8 Å². The van der Waals surface area contributed by atoms with Crippen LogP contribution in [0.15, 0.2) is 122 Å². The van der Waals surface area contributed by atoms with Crippen LogP contribution >= 0.6 is 7.82 Å². The topological polar surface area (TPSA) is 108 Å². The summed E-state index contributed by atoms with van der Waals surface area (Å²) in [5.74, 6) is -0.813. The van der Waals surface area contributed by atoms with Crippen molar-refractivity contribution in [3.63, 3.8) is 0 Å². The third-order valence-electron chi connectivity index (χ3n) is 13.2. The number of esters is 2. The predicted octanol–water partition coefficient (Wildman–Crippen LogP) is 20.3. The lowest BCUT2D eigenvalue weighted by atomic mass is 10.0. The Morgan fingerprint density at radius 3 is 1.09 bits per heavy atom. The first-order chi connectivity index (χ1) is 38.5. The molecule has 0 aromatic carbocycles. The van der Waals surface area contributed by atoms with E-state index in [1.54, 1.807) is 0 Å². The number of phosphoric ester groups is 1. The van der Waals surface area contributed by atoms with Gasteiger partial charge < -0.3 is 18.9 Å². The molecule has 0 spiro atoms. The summed E-state index contributed by atoms with van der Waals surface area (Å²) < 4.78 is 34.6. The van der Waals surface area contributed by atoms with E-state index in [1.165, 1.54) is 96.3 Å². The second kappa shape index (κ2) is 59.0. The third kappa shape index (κ3) is 63.5. The molecule has 10 heteroatoms. The smallest absolute Gasteiger partial charge is 0.462 e. The van der Waals surface area contributed by atoms with E-state index in [9.17, 15) is 19.0 Å². The number of likely N-dealkylation sites (N-methyl/N-ethyl adjacent to an activating group) is 1.